The second kappa shape index (κ2) is 4.39. The molecular weight excluding hydrogens is 247 g/mol. The fourth-order valence-corrected chi connectivity index (χ4v) is 2.06. The van der Waals surface area contributed by atoms with E-state index in [1.807, 2.05) is 18.5 Å². The van der Waals surface area contributed by atoms with Crippen LogP contribution < -0.4 is 0 Å². The number of hydrogen-bond donors (Lipinski definition) is 0. The van der Waals surface area contributed by atoms with Gasteiger partial charge < -0.3 is 4.57 Å². The van der Waals surface area contributed by atoms with Gasteiger partial charge in [0.25, 0.3) is 0 Å². The maximum absolute atomic E-state index is 6.04. The van der Waals surface area contributed by atoms with Gasteiger partial charge in [-0.1, -0.05) is 30.1 Å². The molecule has 4 nitrogen and oxygen atoms in total. The fourth-order valence-electron chi connectivity index (χ4n) is 1.41. The molecule has 0 aromatic carbocycles. The van der Waals surface area contributed by atoms with E-state index in [4.69, 9.17) is 23.2 Å². The van der Waals surface area contributed by atoms with Crippen LogP contribution in [-0.2, 0) is 13.5 Å². The van der Waals surface area contributed by atoms with Gasteiger partial charge in [-0.15, -0.1) is 0 Å². The molecular formula is C10H10Cl2N4. The molecule has 2 rings (SSSR count). The highest BCUT2D eigenvalue weighted by Gasteiger charge is 2.13. The summed E-state index contributed by atoms with van der Waals surface area (Å²) in [6.45, 7) is 1.96. The van der Waals surface area contributed by atoms with Crippen molar-refractivity contribution in [2.24, 2.45) is 7.05 Å². The molecule has 0 aliphatic heterocycles. The molecule has 0 N–H and O–H groups in total. The Balaban J connectivity index is 2.57. The Bertz CT molecular complexity index is 498. The zero-order chi connectivity index (χ0) is 11.7. The van der Waals surface area contributed by atoms with E-state index in [1.165, 1.54) is 0 Å². The number of nitrogens with zero attached hydrogens (tertiary/aromatic N) is 4. The van der Waals surface area contributed by atoms with Crippen molar-refractivity contribution < 1.29 is 0 Å². The van der Waals surface area contributed by atoms with Gasteiger partial charge in [-0.3, -0.25) is 0 Å². The zero-order valence-corrected chi connectivity index (χ0v) is 10.4. The molecule has 0 bridgehead atoms. The standard InChI is InChI=1S/C10H10Cl2N4/c1-3-6-8(11)14-10(15-9(6)12)7-4-13-5-16(7)2/h4-5H,3H2,1-2H3. The smallest absolute Gasteiger partial charge is 0.180 e. The fraction of sp³-hybridized carbons (Fsp3) is 0.300. The van der Waals surface area contributed by atoms with Crippen molar-refractivity contribution in [3.05, 3.63) is 28.4 Å². The summed E-state index contributed by atoms with van der Waals surface area (Å²) in [5, 5.41) is 0.803. The Labute approximate surface area is 103 Å². The van der Waals surface area contributed by atoms with Crippen LogP contribution in [0.2, 0.25) is 10.3 Å². The Morgan fingerprint density at radius 1 is 1.25 bits per heavy atom. The lowest BCUT2D eigenvalue weighted by Gasteiger charge is -2.06. The van der Waals surface area contributed by atoms with Gasteiger partial charge >= 0.3 is 0 Å². The molecule has 0 aliphatic rings. The highest BCUT2D eigenvalue weighted by atomic mass is 35.5. The summed E-state index contributed by atoms with van der Waals surface area (Å²) >= 11 is 12.1. The van der Waals surface area contributed by atoms with Crippen LogP contribution in [0.15, 0.2) is 12.5 Å². The molecule has 2 aromatic rings. The van der Waals surface area contributed by atoms with Crippen molar-refractivity contribution in [1.29, 1.82) is 0 Å². The van der Waals surface area contributed by atoms with E-state index >= 15 is 0 Å². The number of hydrogen-bond acceptors (Lipinski definition) is 3. The van der Waals surface area contributed by atoms with Gasteiger partial charge in [-0.2, -0.15) is 0 Å². The monoisotopic (exact) mass is 256 g/mol. The molecule has 0 saturated heterocycles. The van der Waals surface area contributed by atoms with Crippen LogP contribution in [0.3, 0.4) is 0 Å². The summed E-state index contributed by atoms with van der Waals surface area (Å²) in [6, 6.07) is 0. The van der Waals surface area contributed by atoms with E-state index in [9.17, 15) is 0 Å². The zero-order valence-electron chi connectivity index (χ0n) is 8.91. The van der Waals surface area contributed by atoms with Gasteiger partial charge in [-0.05, 0) is 6.42 Å². The van der Waals surface area contributed by atoms with Crippen LogP contribution in [0.25, 0.3) is 11.5 Å². The second-order valence-electron chi connectivity index (χ2n) is 3.35. The molecule has 0 fully saturated rings. The SMILES string of the molecule is CCc1c(Cl)nc(-c2cncn2C)nc1Cl. The maximum atomic E-state index is 6.04. The van der Waals surface area contributed by atoms with Crippen molar-refractivity contribution in [3.8, 4) is 11.5 Å². The van der Waals surface area contributed by atoms with Gasteiger partial charge in [0.1, 0.15) is 16.0 Å². The highest BCUT2D eigenvalue weighted by Crippen LogP contribution is 2.25. The normalized spacial score (nSPS) is 10.8. The molecule has 84 valence electrons. The summed E-state index contributed by atoms with van der Waals surface area (Å²) in [5.74, 6) is 0.493. The first-order valence-electron chi connectivity index (χ1n) is 4.82. The van der Waals surface area contributed by atoms with Crippen molar-refractivity contribution >= 4 is 23.2 Å². The van der Waals surface area contributed by atoms with Gasteiger partial charge in [-0.25, -0.2) is 15.0 Å². The molecule has 2 heterocycles. The van der Waals surface area contributed by atoms with E-state index in [2.05, 4.69) is 15.0 Å². The minimum Gasteiger partial charge on any atom is -0.331 e. The first-order chi connectivity index (χ1) is 7.63. The molecule has 0 spiro atoms. The number of aryl methyl sites for hydroxylation is 1. The number of rotatable bonds is 2. The average molecular weight is 257 g/mol. The third kappa shape index (κ3) is 1.90. The first-order valence-corrected chi connectivity index (χ1v) is 5.57. The van der Waals surface area contributed by atoms with E-state index in [0.29, 0.717) is 22.6 Å². The summed E-state index contributed by atoms with van der Waals surface area (Å²) in [5.41, 5.74) is 1.56. The topological polar surface area (TPSA) is 43.6 Å². The van der Waals surface area contributed by atoms with Crippen LogP contribution in [0.5, 0.6) is 0 Å². The third-order valence-corrected chi connectivity index (χ3v) is 2.93. The predicted octanol–water partition coefficient (Wildman–Crippen LogP) is 2.75. The van der Waals surface area contributed by atoms with Crippen molar-refractivity contribution in [2.75, 3.05) is 0 Å². The Morgan fingerprint density at radius 2 is 1.88 bits per heavy atom. The summed E-state index contributed by atoms with van der Waals surface area (Å²) in [6.07, 6.45) is 4.06. The molecule has 0 radical (unpaired) electrons. The molecule has 0 amide bonds. The van der Waals surface area contributed by atoms with E-state index in [0.717, 1.165) is 11.3 Å². The third-order valence-electron chi connectivity index (χ3n) is 2.31. The van der Waals surface area contributed by atoms with Crippen LogP contribution in [-0.4, -0.2) is 19.5 Å². The number of halogens is 2. The molecule has 0 unspecified atom stereocenters. The van der Waals surface area contributed by atoms with Crippen LogP contribution in [0.1, 0.15) is 12.5 Å². The van der Waals surface area contributed by atoms with Crippen molar-refractivity contribution in [1.82, 2.24) is 19.5 Å². The van der Waals surface area contributed by atoms with Crippen LogP contribution in [0.4, 0.5) is 0 Å². The van der Waals surface area contributed by atoms with Crippen molar-refractivity contribution in [3.63, 3.8) is 0 Å². The van der Waals surface area contributed by atoms with Crippen LogP contribution >= 0.6 is 23.2 Å². The molecule has 6 heteroatoms. The molecule has 0 aliphatic carbocycles. The first kappa shape index (κ1) is 11.4. The van der Waals surface area contributed by atoms with E-state index in [1.54, 1.807) is 12.5 Å². The average Bonchev–Trinajstić information content (AvgIpc) is 2.64. The maximum Gasteiger partial charge on any atom is 0.180 e. The minimum atomic E-state index is 0.402. The van der Waals surface area contributed by atoms with Crippen molar-refractivity contribution in [2.45, 2.75) is 13.3 Å². The Kier molecular flexibility index (Phi) is 3.12. The summed E-state index contributed by atoms with van der Waals surface area (Å²) < 4.78 is 1.81. The highest BCUT2D eigenvalue weighted by molar-refractivity contribution is 6.34. The Hall–Kier alpha value is -1.13. The Morgan fingerprint density at radius 3 is 2.31 bits per heavy atom. The number of imidazole rings is 1. The van der Waals surface area contributed by atoms with Gasteiger partial charge in [0.05, 0.1) is 12.5 Å². The molecule has 0 atom stereocenters. The van der Waals surface area contributed by atoms with E-state index < -0.39 is 0 Å². The molecule has 0 saturated carbocycles. The van der Waals surface area contributed by atoms with Gasteiger partial charge in [0, 0.05) is 12.6 Å². The number of aromatic nitrogens is 4. The predicted molar refractivity (Wildman–Crippen MR) is 63.6 cm³/mol. The summed E-state index contributed by atoms with van der Waals surface area (Å²) in [7, 11) is 1.86. The lowest BCUT2D eigenvalue weighted by Crippen LogP contribution is -1.99. The summed E-state index contributed by atoms with van der Waals surface area (Å²) in [4.78, 5) is 12.4. The molecule has 2 aromatic heterocycles. The minimum absolute atomic E-state index is 0.402. The quantitative estimate of drug-likeness (QED) is 0.777. The lowest BCUT2D eigenvalue weighted by atomic mass is 10.2. The second-order valence-corrected chi connectivity index (χ2v) is 4.07. The van der Waals surface area contributed by atoms with Crippen LogP contribution in [0, 0.1) is 0 Å². The van der Waals surface area contributed by atoms with E-state index in [-0.39, 0.29) is 0 Å². The molecule has 16 heavy (non-hydrogen) atoms. The lowest BCUT2D eigenvalue weighted by molar-refractivity contribution is 0.905. The van der Waals surface area contributed by atoms with Gasteiger partial charge in [0.2, 0.25) is 0 Å². The van der Waals surface area contributed by atoms with Gasteiger partial charge in [0.15, 0.2) is 5.82 Å². The largest absolute Gasteiger partial charge is 0.331 e.